The molecule has 82 valence electrons. The second-order valence-electron chi connectivity index (χ2n) is 2.43. The zero-order chi connectivity index (χ0) is 11.8. The second kappa shape index (κ2) is 6.76. The molecule has 0 atom stereocenters. The van der Waals surface area contributed by atoms with Crippen molar-refractivity contribution < 1.29 is 13.9 Å². The molecular formula is C12H15FO2. The molecule has 1 aromatic carbocycles. The maximum Gasteiger partial charge on any atom is 0.340 e. The standard InChI is InChI=1S/C10H9FO2.C2H6/c1-3-7-4-5-9(11)8(6-7)10(12)13-2;1-2/h3-6H,1H2,2H3;1-2H3. The Hall–Kier alpha value is -1.64. The summed E-state index contributed by atoms with van der Waals surface area (Å²) < 4.78 is 17.4. The second-order valence-corrected chi connectivity index (χ2v) is 2.43. The summed E-state index contributed by atoms with van der Waals surface area (Å²) in [6.45, 7) is 7.51. The molecule has 0 aliphatic heterocycles. The molecule has 0 bridgehead atoms. The molecule has 3 heteroatoms. The Kier molecular flexibility index (Phi) is 6.02. The topological polar surface area (TPSA) is 26.3 Å². The average molecular weight is 210 g/mol. The van der Waals surface area contributed by atoms with E-state index < -0.39 is 11.8 Å². The molecule has 2 nitrogen and oxygen atoms in total. The van der Waals surface area contributed by atoms with Gasteiger partial charge in [-0.2, -0.15) is 0 Å². The van der Waals surface area contributed by atoms with Crippen LogP contribution >= 0.6 is 0 Å². The van der Waals surface area contributed by atoms with Crippen LogP contribution in [0.15, 0.2) is 24.8 Å². The Balaban J connectivity index is 0.000000921. The van der Waals surface area contributed by atoms with Crippen LogP contribution in [0.3, 0.4) is 0 Å². The van der Waals surface area contributed by atoms with E-state index in [0.717, 1.165) is 0 Å². The number of esters is 1. The lowest BCUT2D eigenvalue weighted by Gasteiger charge is -2.01. The average Bonchev–Trinajstić information content (AvgIpc) is 2.31. The van der Waals surface area contributed by atoms with Crippen molar-refractivity contribution in [3.63, 3.8) is 0 Å². The van der Waals surface area contributed by atoms with Crippen LogP contribution in [-0.2, 0) is 4.74 Å². The summed E-state index contributed by atoms with van der Waals surface area (Å²) in [6.07, 6.45) is 1.53. The molecule has 0 radical (unpaired) electrons. The van der Waals surface area contributed by atoms with Crippen molar-refractivity contribution in [1.29, 1.82) is 0 Å². The number of hydrogen-bond acceptors (Lipinski definition) is 2. The largest absolute Gasteiger partial charge is 0.465 e. The Labute approximate surface area is 89.4 Å². The summed E-state index contributed by atoms with van der Waals surface area (Å²) in [5, 5.41) is 0. The van der Waals surface area contributed by atoms with Crippen molar-refractivity contribution in [3.8, 4) is 0 Å². The van der Waals surface area contributed by atoms with Crippen LogP contribution in [0.25, 0.3) is 6.08 Å². The Bertz CT molecular complexity index is 345. The van der Waals surface area contributed by atoms with Crippen LogP contribution in [0.4, 0.5) is 4.39 Å². The summed E-state index contributed by atoms with van der Waals surface area (Å²) in [4.78, 5) is 11.0. The molecule has 0 saturated heterocycles. The molecule has 0 N–H and O–H groups in total. The normalized spacial score (nSPS) is 8.53. The van der Waals surface area contributed by atoms with Crippen LogP contribution in [-0.4, -0.2) is 13.1 Å². The fourth-order valence-electron chi connectivity index (χ4n) is 0.936. The summed E-state index contributed by atoms with van der Waals surface area (Å²) >= 11 is 0. The van der Waals surface area contributed by atoms with Crippen molar-refractivity contribution >= 4 is 12.0 Å². The van der Waals surface area contributed by atoms with Gasteiger partial charge in [0, 0.05) is 0 Å². The Morgan fingerprint density at radius 2 is 2.07 bits per heavy atom. The fourth-order valence-corrected chi connectivity index (χ4v) is 0.936. The fraction of sp³-hybridized carbons (Fsp3) is 0.250. The number of halogens is 1. The van der Waals surface area contributed by atoms with E-state index in [1.165, 1.54) is 31.4 Å². The van der Waals surface area contributed by atoms with Gasteiger partial charge in [0.25, 0.3) is 0 Å². The van der Waals surface area contributed by atoms with E-state index in [1.54, 1.807) is 0 Å². The van der Waals surface area contributed by atoms with Crippen LogP contribution in [0.1, 0.15) is 29.8 Å². The van der Waals surface area contributed by atoms with E-state index in [-0.39, 0.29) is 5.56 Å². The van der Waals surface area contributed by atoms with E-state index in [1.807, 2.05) is 13.8 Å². The minimum atomic E-state index is -0.679. The predicted molar refractivity (Wildman–Crippen MR) is 59.2 cm³/mol. The minimum Gasteiger partial charge on any atom is -0.465 e. The summed E-state index contributed by atoms with van der Waals surface area (Å²) in [5.74, 6) is -1.27. The molecule has 1 aromatic rings. The first-order valence-corrected chi connectivity index (χ1v) is 4.69. The highest BCUT2D eigenvalue weighted by atomic mass is 19.1. The van der Waals surface area contributed by atoms with E-state index in [9.17, 15) is 9.18 Å². The third kappa shape index (κ3) is 3.54. The van der Waals surface area contributed by atoms with Gasteiger partial charge >= 0.3 is 5.97 Å². The van der Waals surface area contributed by atoms with Gasteiger partial charge in [0.05, 0.1) is 12.7 Å². The molecule has 0 spiro atoms. The van der Waals surface area contributed by atoms with Gasteiger partial charge in [-0.15, -0.1) is 0 Å². The number of carbonyl (C=O) groups is 1. The first-order chi connectivity index (χ1) is 7.19. The number of methoxy groups -OCH3 is 1. The SMILES string of the molecule is C=Cc1ccc(F)c(C(=O)OC)c1.CC. The molecule has 0 fully saturated rings. The van der Waals surface area contributed by atoms with Crippen LogP contribution in [0.2, 0.25) is 0 Å². The quantitative estimate of drug-likeness (QED) is 0.700. The highest BCUT2D eigenvalue weighted by molar-refractivity contribution is 5.90. The molecule has 0 aliphatic carbocycles. The van der Waals surface area contributed by atoms with Crippen LogP contribution in [0.5, 0.6) is 0 Å². The summed E-state index contributed by atoms with van der Waals surface area (Å²) in [7, 11) is 1.21. The monoisotopic (exact) mass is 210 g/mol. The number of hydrogen-bond donors (Lipinski definition) is 0. The molecule has 0 aromatic heterocycles. The van der Waals surface area contributed by atoms with Crippen LogP contribution in [0, 0.1) is 5.82 Å². The van der Waals surface area contributed by atoms with Gasteiger partial charge in [-0.05, 0) is 17.7 Å². The molecule has 1 rings (SSSR count). The first-order valence-electron chi connectivity index (χ1n) is 4.69. The minimum absolute atomic E-state index is 0.0695. The molecule has 0 amide bonds. The lowest BCUT2D eigenvalue weighted by Crippen LogP contribution is -2.04. The van der Waals surface area contributed by atoms with Gasteiger partial charge < -0.3 is 4.74 Å². The Morgan fingerprint density at radius 3 is 2.53 bits per heavy atom. The maximum atomic E-state index is 13.0. The van der Waals surface area contributed by atoms with Gasteiger partial charge in [0.1, 0.15) is 5.82 Å². The third-order valence-corrected chi connectivity index (χ3v) is 1.63. The van der Waals surface area contributed by atoms with Crippen molar-refractivity contribution in [2.45, 2.75) is 13.8 Å². The first kappa shape index (κ1) is 13.4. The Morgan fingerprint density at radius 1 is 1.47 bits per heavy atom. The van der Waals surface area contributed by atoms with Crippen molar-refractivity contribution in [2.75, 3.05) is 7.11 Å². The van der Waals surface area contributed by atoms with E-state index >= 15 is 0 Å². The predicted octanol–water partition coefficient (Wildman–Crippen LogP) is 3.28. The molecular weight excluding hydrogens is 195 g/mol. The van der Waals surface area contributed by atoms with E-state index in [2.05, 4.69) is 11.3 Å². The molecule has 0 unspecified atom stereocenters. The summed E-state index contributed by atoms with van der Waals surface area (Å²) in [5.41, 5.74) is 0.613. The van der Waals surface area contributed by atoms with Gasteiger partial charge in [-0.1, -0.05) is 32.6 Å². The zero-order valence-electron chi connectivity index (χ0n) is 9.21. The third-order valence-electron chi connectivity index (χ3n) is 1.63. The van der Waals surface area contributed by atoms with Crippen LogP contribution < -0.4 is 0 Å². The number of rotatable bonds is 2. The van der Waals surface area contributed by atoms with E-state index in [0.29, 0.717) is 5.56 Å². The number of benzene rings is 1. The highest BCUT2D eigenvalue weighted by Gasteiger charge is 2.11. The van der Waals surface area contributed by atoms with Crippen molar-refractivity contribution in [1.82, 2.24) is 0 Å². The maximum absolute atomic E-state index is 13.0. The lowest BCUT2D eigenvalue weighted by molar-refractivity contribution is 0.0595. The number of ether oxygens (including phenoxy) is 1. The zero-order valence-corrected chi connectivity index (χ0v) is 9.21. The highest BCUT2D eigenvalue weighted by Crippen LogP contribution is 2.12. The lowest BCUT2D eigenvalue weighted by atomic mass is 10.1. The van der Waals surface area contributed by atoms with Gasteiger partial charge in [-0.3, -0.25) is 0 Å². The van der Waals surface area contributed by atoms with Gasteiger partial charge in [0.15, 0.2) is 0 Å². The van der Waals surface area contributed by atoms with Gasteiger partial charge in [-0.25, -0.2) is 9.18 Å². The number of carbonyl (C=O) groups excluding carboxylic acids is 1. The van der Waals surface area contributed by atoms with Crippen molar-refractivity contribution in [2.24, 2.45) is 0 Å². The van der Waals surface area contributed by atoms with E-state index in [4.69, 9.17) is 0 Å². The summed E-state index contributed by atoms with van der Waals surface area (Å²) in [6, 6.07) is 4.15. The van der Waals surface area contributed by atoms with Crippen molar-refractivity contribution in [3.05, 3.63) is 41.7 Å². The molecule has 0 saturated carbocycles. The van der Waals surface area contributed by atoms with Gasteiger partial charge in [0.2, 0.25) is 0 Å². The smallest absolute Gasteiger partial charge is 0.340 e. The molecule has 0 aliphatic rings. The molecule has 15 heavy (non-hydrogen) atoms. The molecule has 0 heterocycles.